The van der Waals surface area contributed by atoms with Gasteiger partial charge in [-0.15, -0.1) is 11.3 Å². The number of rotatable bonds is 14. The number of urea groups is 1. The molecule has 4 amide bonds. The molecule has 3 aliphatic rings. The Morgan fingerprint density at radius 1 is 0.926 bits per heavy atom. The van der Waals surface area contributed by atoms with E-state index in [9.17, 15) is 42.3 Å². The van der Waals surface area contributed by atoms with Gasteiger partial charge in [0.25, 0.3) is 0 Å². The number of sulfonamides is 1. The number of carbonyl (C=O) groups excluding carboxylic acids is 3. The molecule has 2 atom stereocenters. The number of carboxylic acid groups (broad SMARTS) is 2. The highest BCUT2D eigenvalue weighted by atomic mass is 35.5. The Hall–Kier alpha value is -6.22. The van der Waals surface area contributed by atoms with Crippen molar-refractivity contribution in [3.8, 4) is 16.2 Å². The van der Waals surface area contributed by atoms with E-state index in [1.54, 1.807) is 51.9 Å². The van der Waals surface area contributed by atoms with E-state index in [4.69, 9.17) is 21.4 Å². The van der Waals surface area contributed by atoms with Crippen LogP contribution in [0.15, 0.2) is 71.5 Å². The lowest BCUT2D eigenvalue weighted by molar-refractivity contribution is -0.139. The number of piperidine rings is 3. The first kappa shape index (κ1) is 48.2. The number of aromatic nitrogens is 2. The summed E-state index contributed by atoms with van der Waals surface area (Å²) in [6, 6.07) is 18.7. The summed E-state index contributed by atoms with van der Waals surface area (Å²) < 4.78 is 38.0. The van der Waals surface area contributed by atoms with Crippen LogP contribution in [0.2, 0.25) is 5.02 Å². The second-order valence-electron chi connectivity index (χ2n) is 18.0. The van der Waals surface area contributed by atoms with Gasteiger partial charge in [0.15, 0.2) is 17.2 Å². The van der Waals surface area contributed by atoms with Crippen LogP contribution in [0.3, 0.4) is 0 Å². The minimum Gasteiger partial charge on any atom is -0.479 e. The van der Waals surface area contributed by atoms with Gasteiger partial charge in [0, 0.05) is 55.6 Å². The average Bonchev–Trinajstić information content (AvgIpc) is 3.77. The van der Waals surface area contributed by atoms with E-state index < -0.39 is 46.1 Å². The van der Waals surface area contributed by atoms with Gasteiger partial charge in [0.05, 0.1) is 21.7 Å². The van der Waals surface area contributed by atoms with Crippen molar-refractivity contribution in [2.24, 2.45) is 0 Å². The van der Waals surface area contributed by atoms with Gasteiger partial charge in [-0.05, 0) is 112 Å². The topological polar surface area (TPSA) is 239 Å². The fourth-order valence-corrected chi connectivity index (χ4v) is 13.1. The van der Waals surface area contributed by atoms with Crippen LogP contribution in [0.1, 0.15) is 92.1 Å². The lowest BCUT2D eigenvalue weighted by atomic mass is 9.89. The molecule has 0 radical (unpaired) electrons. The standard InChI is InChI=1S/C47H52ClN7O11S2/c1-4-53-36-23-29(11-12-34(36)55(46(53)63)35-13-14-37(56)51-43(35)59)28-15-18-52(19-16-28)45(62)50-31-9-5-7-27(21-31)26-68(64,65)54-20-17-33(24-47(54,2)3)49-32-10-6-8-30(22-32)41-39(48)40(66-25-38(57)58)42(67-41)44(60)61/h5-12,21-23,28,33,35,49H,4,13-20,24-26H2,1-3H3,(H,50,62)(H,57,58)(H,60,61)(H,51,56,59)/t33-,35?/m0/s1. The lowest BCUT2D eigenvalue weighted by Crippen LogP contribution is -2.55. The summed E-state index contributed by atoms with van der Waals surface area (Å²) in [6.07, 6.45) is 2.77. The van der Waals surface area contributed by atoms with Gasteiger partial charge >= 0.3 is 23.7 Å². The van der Waals surface area contributed by atoms with E-state index in [0.717, 1.165) is 22.4 Å². The Balaban J connectivity index is 0.863. The summed E-state index contributed by atoms with van der Waals surface area (Å²) in [4.78, 5) is 76.4. The maximum absolute atomic E-state index is 14.1. The molecule has 18 nitrogen and oxygen atoms in total. The molecule has 5 aromatic rings. The molecule has 0 spiro atoms. The third-order valence-electron chi connectivity index (χ3n) is 12.9. The number of hydrogen-bond donors (Lipinski definition) is 5. The highest BCUT2D eigenvalue weighted by Gasteiger charge is 2.42. The Morgan fingerprint density at radius 3 is 2.35 bits per heavy atom. The van der Waals surface area contributed by atoms with Crippen LogP contribution in [0, 0.1) is 0 Å². The second-order valence-corrected chi connectivity index (χ2v) is 21.2. The van der Waals surface area contributed by atoms with Crippen LogP contribution in [-0.4, -0.2) is 105 Å². The number of aromatic carboxylic acids is 1. The first-order valence-electron chi connectivity index (χ1n) is 22.3. The highest BCUT2D eigenvalue weighted by Crippen LogP contribution is 2.46. The predicted octanol–water partition coefficient (Wildman–Crippen LogP) is 6.94. The molecule has 0 aliphatic carbocycles. The van der Waals surface area contributed by atoms with E-state index in [0.29, 0.717) is 78.2 Å². The number of nitrogens with zero attached hydrogens (tertiary/aromatic N) is 4. The van der Waals surface area contributed by atoms with Gasteiger partial charge in [-0.3, -0.25) is 24.0 Å². The number of ether oxygens (including phenoxy) is 1. The van der Waals surface area contributed by atoms with Gasteiger partial charge in [0.2, 0.25) is 21.8 Å². The van der Waals surface area contributed by atoms with Crippen molar-refractivity contribution in [3.63, 3.8) is 0 Å². The first-order valence-corrected chi connectivity index (χ1v) is 25.1. The summed E-state index contributed by atoms with van der Waals surface area (Å²) in [7, 11) is -3.81. The summed E-state index contributed by atoms with van der Waals surface area (Å²) >= 11 is 7.40. The van der Waals surface area contributed by atoms with E-state index in [-0.39, 0.29) is 70.4 Å². The Kier molecular flexibility index (Phi) is 13.8. The molecular weight excluding hydrogens is 938 g/mol. The second kappa shape index (κ2) is 19.4. The molecule has 68 heavy (non-hydrogen) atoms. The number of imide groups is 1. The Morgan fingerprint density at radius 2 is 1.66 bits per heavy atom. The van der Waals surface area contributed by atoms with E-state index in [2.05, 4.69) is 16.0 Å². The summed E-state index contributed by atoms with van der Waals surface area (Å²) in [5.41, 5.74) is 3.63. The van der Waals surface area contributed by atoms with Crippen molar-refractivity contribution in [1.29, 1.82) is 0 Å². The van der Waals surface area contributed by atoms with Gasteiger partial charge < -0.3 is 30.5 Å². The zero-order chi connectivity index (χ0) is 48.7. The van der Waals surface area contributed by atoms with E-state index >= 15 is 0 Å². The number of amides is 4. The molecule has 3 aromatic carbocycles. The minimum atomic E-state index is -3.81. The maximum Gasteiger partial charge on any atom is 0.349 e. The van der Waals surface area contributed by atoms with Crippen molar-refractivity contribution in [1.82, 2.24) is 23.7 Å². The van der Waals surface area contributed by atoms with Crippen molar-refractivity contribution < 1.29 is 47.3 Å². The molecule has 360 valence electrons. The molecule has 0 bridgehead atoms. The smallest absolute Gasteiger partial charge is 0.349 e. The summed E-state index contributed by atoms with van der Waals surface area (Å²) in [5, 5.41) is 27.6. The molecule has 2 aromatic heterocycles. The number of aryl methyl sites for hydroxylation is 1. The fourth-order valence-electron chi connectivity index (χ4n) is 9.72. The number of benzene rings is 3. The molecular formula is C47H52ClN7O11S2. The predicted molar refractivity (Wildman–Crippen MR) is 257 cm³/mol. The zero-order valence-electron chi connectivity index (χ0n) is 37.6. The van der Waals surface area contributed by atoms with Crippen molar-refractivity contribution >= 4 is 85.2 Å². The van der Waals surface area contributed by atoms with E-state index in [1.807, 2.05) is 45.0 Å². The van der Waals surface area contributed by atoms with Crippen molar-refractivity contribution in [2.45, 2.75) is 95.1 Å². The van der Waals surface area contributed by atoms with Crippen LogP contribution >= 0.6 is 22.9 Å². The average molecular weight is 991 g/mol. The quantitative estimate of drug-likeness (QED) is 0.0712. The van der Waals surface area contributed by atoms with Crippen LogP contribution < -0.4 is 26.4 Å². The summed E-state index contributed by atoms with van der Waals surface area (Å²) in [6.45, 7) is 6.51. The van der Waals surface area contributed by atoms with Crippen molar-refractivity contribution in [3.05, 3.63) is 98.2 Å². The maximum atomic E-state index is 14.1. The normalized spacial score (nSPS) is 19.1. The molecule has 3 saturated heterocycles. The van der Waals surface area contributed by atoms with Gasteiger partial charge in [-0.2, -0.15) is 4.31 Å². The number of nitrogens with one attached hydrogen (secondary N) is 3. The summed E-state index contributed by atoms with van der Waals surface area (Å²) in [5.74, 6) is -3.74. The zero-order valence-corrected chi connectivity index (χ0v) is 40.0. The molecule has 8 rings (SSSR count). The Bertz CT molecular complexity index is 2990. The number of carbonyl (C=O) groups is 5. The van der Waals surface area contributed by atoms with Crippen LogP contribution in [0.5, 0.6) is 5.75 Å². The number of anilines is 2. The molecule has 3 aliphatic heterocycles. The fraction of sp³-hybridized carbons (Fsp3) is 0.404. The minimum absolute atomic E-state index is 0.00317. The number of fused-ring (bicyclic) bond motifs is 1. The van der Waals surface area contributed by atoms with Gasteiger partial charge in [0.1, 0.15) is 11.1 Å². The molecule has 0 saturated carbocycles. The van der Waals surface area contributed by atoms with Crippen LogP contribution in [0.4, 0.5) is 16.2 Å². The van der Waals surface area contributed by atoms with Crippen LogP contribution in [0.25, 0.3) is 21.5 Å². The van der Waals surface area contributed by atoms with Crippen LogP contribution in [-0.2, 0) is 36.7 Å². The largest absolute Gasteiger partial charge is 0.479 e. The Labute approximate surface area is 400 Å². The highest BCUT2D eigenvalue weighted by molar-refractivity contribution is 7.88. The molecule has 1 unspecified atom stereocenters. The molecule has 3 fully saturated rings. The number of carboxylic acids is 2. The number of likely N-dealkylation sites (tertiary alicyclic amines) is 1. The monoisotopic (exact) mass is 989 g/mol. The van der Waals surface area contributed by atoms with Gasteiger partial charge in [-0.25, -0.2) is 27.6 Å². The molecule has 5 N–H and O–H groups in total. The first-order chi connectivity index (χ1) is 32.3. The molecule has 21 heteroatoms. The number of halogens is 1. The van der Waals surface area contributed by atoms with Gasteiger partial charge in [-0.1, -0.05) is 41.9 Å². The third kappa shape index (κ3) is 9.99. The number of thiophene rings is 1. The molecule has 5 heterocycles. The van der Waals surface area contributed by atoms with Crippen molar-refractivity contribution in [2.75, 3.05) is 36.9 Å². The lowest BCUT2D eigenvalue weighted by Gasteiger charge is -2.45. The third-order valence-corrected chi connectivity index (χ3v) is 16.6. The van der Waals surface area contributed by atoms with E-state index in [1.165, 1.54) is 8.87 Å². The number of hydrogen-bond acceptors (Lipinski definition) is 11. The number of imidazole rings is 1. The number of aliphatic carboxylic acids is 1. The SMILES string of the molecule is CCn1c(=O)n(C2CCC(=O)NC2=O)c2ccc(C3CCN(C(=O)Nc4cccc(CS(=O)(=O)N5CC[C@H](Nc6cccc(-c7sc(C(=O)O)c(OCC(=O)O)c7Cl)c6)CC5(C)C)c4)CC3)cc21.